The zero-order valence-electron chi connectivity index (χ0n) is 20.2. The Hall–Kier alpha value is -3.35. The van der Waals surface area contributed by atoms with Gasteiger partial charge in [-0.2, -0.15) is 0 Å². The Morgan fingerprint density at radius 1 is 0.914 bits per heavy atom. The van der Waals surface area contributed by atoms with Gasteiger partial charge in [-0.3, -0.25) is 0 Å². The van der Waals surface area contributed by atoms with E-state index in [2.05, 4.69) is 0 Å². The minimum Gasteiger partial charge on any atom is -0.465 e. The summed E-state index contributed by atoms with van der Waals surface area (Å²) in [6.45, 7) is 0.465. The summed E-state index contributed by atoms with van der Waals surface area (Å²) >= 11 is 0. The lowest BCUT2D eigenvalue weighted by Gasteiger charge is -2.56. The minimum atomic E-state index is -0.698. The van der Waals surface area contributed by atoms with Crippen molar-refractivity contribution in [3.8, 4) is 0 Å². The standard InChI is InChI=1S/C28H31NO6/c1-33-26(31)23-8-3-4-9-29(24(23)27(32)34-2)22-7-5-6-21(13-22)25(30)35-17-28-14-18-10-19(15-28)12-20(11-18)16-28/h3-9,13,18-20H,10-12,14-17H2,1-2H3. The minimum absolute atomic E-state index is 0.00318. The highest BCUT2D eigenvalue weighted by atomic mass is 16.5. The molecule has 1 heterocycles. The quantitative estimate of drug-likeness (QED) is 0.439. The van der Waals surface area contributed by atoms with Crippen molar-refractivity contribution in [2.75, 3.05) is 25.7 Å². The van der Waals surface area contributed by atoms with Crippen molar-refractivity contribution < 1.29 is 28.6 Å². The van der Waals surface area contributed by atoms with Crippen LogP contribution in [0.25, 0.3) is 0 Å². The molecule has 4 saturated carbocycles. The molecule has 6 rings (SSSR count). The van der Waals surface area contributed by atoms with Crippen molar-refractivity contribution in [3.05, 3.63) is 65.5 Å². The van der Waals surface area contributed by atoms with E-state index in [1.54, 1.807) is 42.6 Å². The maximum absolute atomic E-state index is 13.1. The Morgan fingerprint density at radius 3 is 2.20 bits per heavy atom. The van der Waals surface area contributed by atoms with Crippen molar-refractivity contribution >= 4 is 23.6 Å². The summed E-state index contributed by atoms with van der Waals surface area (Å²) in [5, 5.41) is 0. The van der Waals surface area contributed by atoms with Gasteiger partial charge in [0.1, 0.15) is 5.70 Å². The van der Waals surface area contributed by atoms with Gasteiger partial charge in [-0.25, -0.2) is 14.4 Å². The Bertz CT molecular complexity index is 1090. The maximum atomic E-state index is 13.1. The van der Waals surface area contributed by atoms with E-state index in [1.165, 1.54) is 63.7 Å². The largest absolute Gasteiger partial charge is 0.465 e. The molecule has 4 fully saturated rings. The molecule has 0 amide bonds. The molecule has 7 heteroatoms. The van der Waals surface area contributed by atoms with Gasteiger partial charge in [-0.15, -0.1) is 0 Å². The van der Waals surface area contributed by atoms with Crippen LogP contribution in [0.3, 0.4) is 0 Å². The molecule has 1 aromatic rings. The third-order valence-electron chi connectivity index (χ3n) is 7.92. The van der Waals surface area contributed by atoms with E-state index in [-0.39, 0.29) is 22.7 Å². The number of carbonyl (C=O) groups excluding carboxylic acids is 3. The molecular formula is C28H31NO6. The number of carbonyl (C=O) groups is 3. The summed E-state index contributed by atoms with van der Waals surface area (Å²) in [6.07, 6.45) is 14.0. The molecule has 0 saturated heterocycles. The van der Waals surface area contributed by atoms with E-state index in [4.69, 9.17) is 14.2 Å². The molecule has 1 aliphatic heterocycles. The van der Waals surface area contributed by atoms with E-state index >= 15 is 0 Å². The van der Waals surface area contributed by atoms with Crippen LogP contribution in [-0.4, -0.2) is 38.7 Å². The zero-order valence-corrected chi connectivity index (χ0v) is 20.2. The van der Waals surface area contributed by atoms with Gasteiger partial charge in [0.25, 0.3) is 0 Å². The van der Waals surface area contributed by atoms with Crippen LogP contribution < -0.4 is 4.90 Å². The van der Waals surface area contributed by atoms with Gasteiger partial charge < -0.3 is 19.1 Å². The number of nitrogens with zero attached hydrogens (tertiary/aromatic N) is 1. The third-order valence-corrected chi connectivity index (χ3v) is 7.92. The van der Waals surface area contributed by atoms with Gasteiger partial charge in [-0.1, -0.05) is 12.1 Å². The highest BCUT2D eigenvalue weighted by Crippen LogP contribution is 2.60. The number of rotatable bonds is 6. The molecule has 35 heavy (non-hydrogen) atoms. The molecule has 0 unspecified atom stereocenters. The summed E-state index contributed by atoms with van der Waals surface area (Å²) in [5.41, 5.74) is 1.11. The van der Waals surface area contributed by atoms with Crippen LogP contribution in [0, 0.1) is 23.2 Å². The Balaban J connectivity index is 1.37. The lowest BCUT2D eigenvalue weighted by atomic mass is 9.50. The molecule has 4 bridgehead atoms. The van der Waals surface area contributed by atoms with Gasteiger partial charge >= 0.3 is 17.9 Å². The monoisotopic (exact) mass is 477 g/mol. The molecular weight excluding hydrogens is 446 g/mol. The predicted molar refractivity (Wildman–Crippen MR) is 129 cm³/mol. The molecule has 5 aliphatic rings. The van der Waals surface area contributed by atoms with Crippen molar-refractivity contribution in [1.29, 1.82) is 0 Å². The summed E-state index contributed by atoms with van der Waals surface area (Å²) in [7, 11) is 2.50. The van der Waals surface area contributed by atoms with Crippen molar-refractivity contribution in [2.24, 2.45) is 23.2 Å². The number of anilines is 1. The summed E-state index contributed by atoms with van der Waals surface area (Å²) in [5.74, 6) is 0.631. The van der Waals surface area contributed by atoms with Gasteiger partial charge in [0, 0.05) is 17.3 Å². The average Bonchev–Trinajstić information content (AvgIpc) is 3.09. The third kappa shape index (κ3) is 4.51. The Morgan fingerprint density at radius 2 is 1.57 bits per heavy atom. The van der Waals surface area contributed by atoms with Crippen LogP contribution in [0.1, 0.15) is 48.9 Å². The molecule has 0 atom stereocenters. The van der Waals surface area contributed by atoms with Crippen LogP contribution in [0.4, 0.5) is 5.69 Å². The zero-order chi connectivity index (χ0) is 24.6. The Kier molecular flexibility index (Phi) is 6.26. The van der Waals surface area contributed by atoms with Crippen molar-refractivity contribution in [3.63, 3.8) is 0 Å². The number of methoxy groups -OCH3 is 2. The van der Waals surface area contributed by atoms with Crippen LogP contribution >= 0.6 is 0 Å². The topological polar surface area (TPSA) is 82.1 Å². The highest BCUT2D eigenvalue weighted by molar-refractivity contribution is 6.05. The summed E-state index contributed by atoms with van der Waals surface area (Å²) in [4.78, 5) is 39.7. The van der Waals surface area contributed by atoms with Crippen LogP contribution in [0.2, 0.25) is 0 Å². The van der Waals surface area contributed by atoms with Gasteiger partial charge in [0.15, 0.2) is 0 Å². The first kappa shape index (κ1) is 23.4. The van der Waals surface area contributed by atoms with Crippen molar-refractivity contribution in [1.82, 2.24) is 0 Å². The first-order chi connectivity index (χ1) is 16.9. The molecule has 0 spiro atoms. The van der Waals surface area contributed by atoms with Crippen molar-refractivity contribution in [2.45, 2.75) is 38.5 Å². The fourth-order valence-electron chi connectivity index (χ4n) is 6.92. The molecule has 0 radical (unpaired) electrons. The van der Waals surface area contributed by atoms with E-state index in [9.17, 15) is 14.4 Å². The fraction of sp³-hybridized carbons (Fsp3) is 0.464. The van der Waals surface area contributed by atoms with Gasteiger partial charge in [0.05, 0.1) is 32.0 Å². The molecule has 0 aromatic heterocycles. The van der Waals surface area contributed by atoms with Crippen LogP contribution in [-0.2, 0) is 23.8 Å². The fourth-order valence-corrected chi connectivity index (χ4v) is 6.92. The lowest BCUT2D eigenvalue weighted by molar-refractivity contribution is -0.139. The van der Waals surface area contributed by atoms with Crippen LogP contribution in [0.5, 0.6) is 0 Å². The summed E-state index contributed by atoms with van der Waals surface area (Å²) in [6, 6.07) is 6.85. The highest BCUT2D eigenvalue weighted by Gasteiger charge is 2.51. The second kappa shape index (κ2) is 9.36. The molecule has 4 aliphatic carbocycles. The van der Waals surface area contributed by atoms with Crippen LogP contribution in [0.15, 0.2) is 60.0 Å². The first-order valence-corrected chi connectivity index (χ1v) is 12.2. The maximum Gasteiger partial charge on any atom is 0.355 e. The smallest absolute Gasteiger partial charge is 0.355 e. The number of esters is 3. The van der Waals surface area contributed by atoms with E-state index in [0.29, 0.717) is 17.9 Å². The molecule has 0 N–H and O–H groups in total. The number of hydrogen-bond donors (Lipinski definition) is 0. The number of hydrogen-bond acceptors (Lipinski definition) is 7. The van der Waals surface area contributed by atoms with Gasteiger partial charge in [-0.05, 0) is 86.6 Å². The number of benzene rings is 1. The normalized spacial score (nSPS) is 28.6. The predicted octanol–water partition coefficient (Wildman–Crippen LogP) is 4.55. The molecule has 184 valence electrons. The summed E-state index contributed by atoms with van der Waals surface area (Å²) < 4.78 is 15.7. The SMILES string of the molecule is COC(=O)C1=C(C(=O)OC)N(c2cccc(C(=O)OCC34CC5CC(CC(C5)C3)C4)c2)C=CC=C1. The molecule has 1 aromatic carbocycles. The lowest BCUT2D eigenvalue weighted by Crippen LogP contribution is -2.48. The van der Waals surface area contributed by atoms with E-state index in [0.717, 1.165) is 17.8 Å². The second-order valence-electron chi connectivity index (χ2n) is 10.4. The number of ether oxygens (including phenoxy) is 3. The Labute approximate surface area is 205 Å². The molecule has 7 nitrogen and oxygen atoms in total. The van der Waals surface area contributed by atoms with E-state index < -0.39 is 11.9 Å². The van der Waals surface area contributed by atoms with E-state index in [1.807, 2.05) is 0 Å². The first-order valence-electron chi connectivity index (χ1n) is 12.2. The number of allylic oxidation sites excluding steroid dienone is 2. The second-order valence-corrected chi connectivity index (χ2v) is 10.4. The average molecular weight is 478 g/mol. The van der Waals surface area contributed by atoms with Gasteiger partial charge in [0.2, 0.25) is 0 Å².